The Balaban J connectivity index is -0.000000660. The SMILES string of the molecule is C=CC[C@@H](CC)N(C)C(=O)CCc1cccc(F)c1Cl.C=CC[C@@H](CC)NC.NCc1cccc(F)c1Cl.O=C(Cl)Oc1ccc([N+](=O)[O-])cc1.S.S. The van der Waals surface area contributed by atoms with Crippen LogP contribution in [0.15, 0.2) is 86.0 Å². The molecule has 3 rings (SSSR count). The van der Waals surface area contributed by atoms with E-state index in [0.29, 0.717) is 30.0 Å². The number of halogens is 5. The molecule has 3 aromatic carbocycles. The summed E-state index contributed by atoms with van der Waals surface area (Å²) in [6.45, 7) is 11.9. The molecule has 0 aliphatic carbocycles. The van der Waals surface area contributed by atoms with Crippen molar-refractivity contribution in [2.24, 2.45) is 5.73 Å². The molecule has 0 unspecified atom stereocenters. The maximum Gasteiger partial charge on any atom is 0.409 e. The Hall–Kier alpha value is -3.17. The van der Waals surface area contributed by atoms with Crippen LogP contribution >= 0.6 is 61.8 Å². The Labute approximate surface area is 340 Å². The first-order valence-corrected chi connectivity index (χ1v) is 17.2. The van der Waals surface area contributed by atoms with E-state index in [9.17, 15) is 28.5 Å². The van der Waals surface area contributed by atoms with Gasteiger partial charge in [0.15, 0.2) is 0 Å². The van der Waals surface area contributed by atoms with E-state index in [4.69, 9.17) is 40.5 Å². The largest absolute Gasteiger partial charge is 0.414 e. The van der Waals surface area contributed by atoms with Crippen molar-refractivity contribution in [1.82, 2.24) is 10.2 Å². The molecule has 0 bridgehead atoms. The highest BCUT2D eigenvalue weighted by atomic mass is 35.5. The Morgan fingerprint density at radius 3 is 1.83 bits per heavy atom. The van der Waals surface area contributed by atoms with Crippen LogP contribution < -0.4 is 15.8 Å². The molecule has 1 amide bonds. The van der Waals surface area contributed by atoms with Crippen molar-refractivity contribution >= 4 is 78.8 Å². The van der Waals surface area contributed by atoms with Gasteiger partial charge in [-0.15, -0.1) is 13.2 Å². The first-order chi connectivity index (χ1) is 24.2. The molecule has 0 saturated carbocycles. The second-order valence-electron chi connectivity index (χ2n) is 10.7. The number of nitrogens with one attached hydrogen (secondary N) is 1. The lowest BCUT2D eigenvalue weighted by Crippen LogP contribution is -2.36. The summed E-state index contributed by atoms with van der Waals surface area (Å²) in [6.07, 6.45) is 8.47. The van der Waals surface area contributed by atoms with Crippen molar-refractivity contribution in [1.29, 1.82) is 0 Å². The molecule has 2 atom stereocenters. The number of nitro benzene ring substituents is 1. The van der Waals surface area contributed by atoms with Gasteiger partial charge in [-0.25, -0.2) is 13.6 Å². The molecular weight excluding hydrogens is 789 g/mol. The van der Waals surface area contributed by atoms with Crippen LogP contribution in [-0.2, 0) is 17.8 Å². The normalized spacial score (nSPS) is 10.7. The maximum absolute atomic E-state index is 13.3. The van der Waals surface area contributed by atoms with Crippen molar-refractivity contribution in [2.45, 2.75) is 71.0 Å². The van der Waals surface area contributed by atoms with Crippen molar-refractivity contribution in [3.8, 4) is 5.75 Å². The van der Waals surface area contributed by atoms with Gasteiger partial charge in [0, 0.05) is 55.8 Å². The Kier molecular flexibility index (Phi) is 31.9. The molecule has 0 spiro atoms. The van der Waals surface area contributed by atoms with E-state index >= 15 is 0 Å². The van der Waals surface area contributed by atoms with Crippen molar-refractivity contribution in [3.05, 3.63) is 129 Å². The van der Waals surface area contributed by atoms with Gasteiger partial charge in [-0.05, 0) is 74.5 Å². The lowest BCUT2D eigenvalue weighted by molar-refractivity contribution is -0.384. The van der Waals surface area contributed by atoms with Gasteiger partial charge in [0.05, 0.1) is 15.0 Å². The molecule has 0 saturated heterocycles. The summed E-state index contributed by atoms with van der Waals surface area (Å²) in [5, 5.41) is 13.6. The second kappa shape index (κ2) is 31.2. The number of benzene rings is 3. The van der Waals surface area contributed by atoms with Crippen LogP contribution in [0.5, 0.6) is 5.75 Å². The zero-order valence-corrected chi connectivity index (χ0v) is 34.6. The molecule has 0 fully saturated rings. The fourth-order valence-electron chi connectivity index (χ4n) is 4.28. The number of ether oxygens (including phenoxy) is 1. The third kappa shape index (κ3) is 22.0. The molecule has 0 radical (unpaired) electrons. The Morgan fingerprint density at radius 1 is 0.943 bits per heavy atom. The summed E-state index contributed by atoms with van der Waals surface area (Å²) in [6, 6.07) is 15.1. The van der Waals surface area contributed by atoms with Crippen LogP contribution in [0.3, 0.4) is 0 Å². The minimum absolute atomic E-state index is 0. The number of hydrogen-bond donors (Lipinski definition) is 2. The van der Waals surface area contributed by atoms with Gasteiger partial charge in [-0.3, -0.25) is 14.9 Å². The third-order valence-electron chi connectivity index (χ3n) is 7.34. The number of hydrogen-bond acceptors (Lipinski definition) is 7. The second-order valence-corrected chi connectivity index (χ2v) is 11.8. The number of carbonyl (C=O) groups excluding carboxylic acids is 2. The Morgan fingerprint density at radius 2 is 1.45 bits per heavy atom. The lowest BCUT2D eigenvalue weighted by atomic mass is 10.1. The number of amides is 1. The van der Waals surface area contributed by atoms with E-state index < -0.39 is 22.0 Å². The van der Waals surface area contributed by atoms with Crippen LogP contribution in [0.4, 0.5) is 19.3 Å². The first-order valence-electron chi connectivity index (χ1n) is 16.0. The number of rotatable bonds is 14. The summed E-state index contributed by atoms with van der Waals surface area (Å²) in [5.41, 5.74) is 5.53. The van der Waals surface area contributed by atoms with Crippen LogP contribution in [0.25, 0.3) is 0 Å². The summed E-state index contributed by atoms with van der Waals surface area (Å²) in [5.74, 6) is -0.641. The number of non-ortho nitro benzene ring substituents is 1. The van der Waals surface area contributed by atoms with E-state index in [1.54, 1.807) is 36.2 Å². The van der Waals surface area contributed by atoms with E-state index in [2.05, 4.69) is 30.1 Å². The van der Waals surface area contributed by atoms with Gasteiger partial charge in [0.2, 0.25) is 5.91 Å². The zero-order valence-electron chi connectivity index (χ0n) is 30.3. The third-order valence-corrected chi connectivity index (χ3v) is 8.26. The van der Waals surface area contributed by atoms with Gasteiger partial charge in [-0.1, -0.05) is 73.5 Å². The molecule has 0 aromatic heterocycles. The van der Waals surface area contributed by atoms with Crippen molar-refractivity contribution < 1.29 is 28.0 Å². The zero-order chi connectivity index (χ0) is 38.9. The van der Waals surface area contributed by atoms with Crippen LogP contribution in [0.2, 0.25) is 10.0 Å². The predicted octanol–water partition coefficient (Wildman–Crippen LogP) is 10.3. The quantitative estimate of drug-likeness (QED) is 0.0716. The predicted molar refractivity (Wildman–Crippen MR) is 224 cm³/mol. The number of nitrogens with two attached hydrogens (primary N) is 1. The van der Waals surface area contributed by atoms with Gasteiger partial charge < -0.3 is 20.7 Å². The molecule has 0 aliphatic heterocycles. The standard InChI is InChI=1S/C16H21ClFNO.C7H7ClFN.C7H4ClNO4.C7H15N.2H2S/c1-4-7-13(5-2)19(3)15(20)11-10-12-8-6-9-14(18)16(12)17;8-7-5(4-10)2-1-3-6(7)9;8-7(10)13-6-3-1-5(2-4-6)9(11)12;1-4-6-7(5-2)8-3;;/h4,6,8-9,13H,1,5,7,10-11H2,2-3H3;1-3H,4,10H2;1-4H;4,7-8H,1,5-6H2,2-3H3;2*1H2/t13-;;;7-;;/m1..1../s1. The fourth-order valence-corrected chi connectivity index (χ4v) is 4.79. The van der Waals surface area contributed by atoms with Crippen LogP contribution in [0, 0.1) is 21.7 Å². The minimum atomic E-state index is -0.978. The van der Waals surface area contributed by atoms with Crippen LogP contribution in [-0.4, -0.2) is 47.3 Å². The molecule has 16 heteroatoms. The fraction of sp³-hybridized carbons (Fsp3) is 0.351. The van der Waals surface area contributed by atoms with E-state index in [-0.39, 0.29) is 67.0 Å². The number of nitro groups is 1. The van der Waals surface area contributed by atoms with Gasteiger partial charge in [0.25, 0.3) is 5.69 Å². The Bertz CT molecular complexity index is 1540. The molecule has 3 aromatic rings. The summed E-state index contributed by atoms with van der Waals surface area (Å²) in [4.78, 5) is 33.8. The number of nitrogens with zero attached hydrogens (tertiary/aromatic N) is 2. The molecule has 9 nitrogen and oxygen atoms in total. The summed E-state index contributed by atoms with van der Waals surface area (Å²) >= 11 is 16.3. The molecule has 296 valence electrons. The highest BCUT2D eigenvalue weighted by Crippen LogP contribution is 2.22. The van der Waals surface area contributed by atoms with Crippen molar-refractivity contribution in [2.75, 3.05) is 14.1 Å². The average Bonchev–Trinajstić information content (AvgIpc) is 3.11. The average molecular weight is 840 g/mol. The molecular formula is C37H51Cl3F2N4O5S2. The van der Waals surface area contributed by atoms with Crippen LogP contribution in [0.1, 0.15) is 57.1 Å². The van der Waals surface area contributed by atoms with Gasteiger partial charge in [0.1, 0.15) is 17.4 Å². The van der Waals surface area contributed by atoms with E-state index in [1.165, 1.54) is 42.8 Å². The van der Waals surface area contributed by atoms with Crippen molar-refractivity contribution in [3.63, 3.8) is 0 Å². The molecule has 53 heavy (non-hydrogen) atoms. The summed E-state index contributed by atoms with van der Waals surface area (Å²) in [7, 11) is 3.78. The topological polar surface area (TPSA) is 128 Å². The lowest BCUT2D eigenvalue weighted by Gasteiger charge is -2.26. The van der Waals surface area contributed by atoms with Gasteiger partial charge in [-0.2, -0.15) is 27.0 Å². The molecule has 0 aliphatic rings. The smallest absolute Gasteiger partial charge is 0.409 e. The van der Waals surface area contributed by atoms with Gasteiger partial charge >= 0.3 is 5.43 Å². The first kappa shape index (κ1) is 54.2. The monoisotopic (exact) mass is 838 g/mol. The van der Waals surface area contributed by atoms with E-state index in [0.717, 1.165) is 19.3 Å². The summed E-state index contributed by atoms with van der Waals surface area (Å²) < 4.78 is 30.3. The number of carbonyl (C=O) groups is 2. The molecule has 3 N–H and O–H groups in total. The highest BCUT2D eigenvalue weighted by molar-refractivity contribution is 7.59. The van der Waals surface area contributed by atoms with E-state index in [1.807, 2.05) is 26.1 Å². The maximum atomic E-state index is 13.3. The number of aryl methyl sites for hydroxylation is 1. The molecule has 0 heterocycles. The minimum Gasteiger partial charge on any atom is -0.414 e. The highest BCUT2D eigenvalue weighted by Gasteiger charge is 2.17.